The molecule has 2 nitrogen and oxygen atoms in total. The van der Waals surface area contributed by atoms with Gasteiger partial charge >= 0.3 is 6.36 Å². The summed E-state index contributed by atoms with van der Waals surface area (Å²) in [5.74, 6) is 0.482. The van der Waals surface area contributed by atoms with E-state index < -0.39 is 6.36 Å². The van der Waals surface area contributed by atoms with E-state index in [1.807, 2.05) is 0 Å². The van der Waals surface area contributed by atoms with Crippen LogP contribution >= 0.6 is 0 Å². The van der Waals surface area contributed by atoms with Crippen molar-refractivity contribution in [2.45, 2.75) is 39.5 Å². The van der Waals surface area contributed by atoms with Gasteiger partial charge in [0, 0.05) is 0 Å². The first-order chi connectivity index (χ1) is 9.37. The highest BCUT2D eigenvalue weighted by molar-refractivity contribution is 5.27. The monoisotopic (exact) mass is 289 g/mol. The number of alkyl halides is 3. The van der Waals surface area contributed by atoms with Gasteiger partial charge in [0.25, 0.3) is 0 Å². The maximum absolute atomic E-state index is 12.0. The number of hydrogen-bond acceptors (Lipinski definition) is 2. The van der Waals surface area contributed by atoms with E-state index in [0.29, 0.717) is 5.92 Å². The van der Waals surface area contributed by atoms with Crippen molar-refractivity contribution in [1.29, 1.82) is 0 Å². The van der Waals surface area contributed by atoms with Gasteiger partial charge in [-0.05, 0) is 56.0 Å². The van der Waals surface area contributed by atoms with Gasteiger partial charge in [0.2, 0.25) is 0 Å². The van der Waals surface area contributed by atoms with E-state index in [1.54, 1.807) is 12.1 Å². The summed E-state index contributed by atoms with van der Waals surface area (Å²) in [7, 11) is 0. The molecule has 20 heavy (non-hydrogen) atoms. The molecule has 1 aromatic rings. The molecule has 0 amide bonds. The molecule has 0 heterocycles. The largest absolute Gasteiger partial charge is 0.573 e. The van der Waals surface area contributed by atoms with Crippen LogP contribution in [0.3, 0.4) is 0 Å². The summed E-state index contributed by atoms with van der Waals surface area (Å²) in [6.45, 7) is 6.33. The van der Waals surface area contributed by atoms with E-state index in [1.165, 1.54) is 12.1 Å². The van der Waals surface area contributed by atoms with E-state index in [9.17, 15) is 13.2 Å². The van der Waals surface area contributed by atoms with Gasteiger partial charge in [-0.1, -0.05) is 26.0 Å². The Hall–Kier alpha value is -1.23. The van der Waals surface area contributed by atoms with Crippen molar-refractivity contribution in [3.8, 4) is 5.75 Å². The molecule has 0 spiro atoms. The lowest BCUT2D eigenvalue weighted by Crippen LogP contribution is -2.20. The Morgan fingerprint density at radius 1 is 1.10 bits per heavy atom. The minimum atomic E-state index is -4.62. The van der Waals surface area contributed by atoms with Gasteiger partial charge in [-0.3, -0.25) is 0 Å². The molecule has 0 unspecified atom stereocenters. The topological polar surface area (TPSA) is 21.3 Å². The van der Waals surface area contributed by atoms with Gasteiger partial charge in [0.15, 0.2) is 0 Å². The molecule has 0 aliphatic rings. The Morgan fingerprint density at radius 3 is 2.30 bits per heavy atom. The molecule has 0 saturated heterocycles. The van der Waals surface area contributed by atoms with Crippen LogP contribution in [0.5, 0.6) is 5.75 Å². The van der Waals surface area contributed by atoms with Crippen LogP contribution in [-0.2, 0) is 6.42 Å². The highest BCUT2D eigenvalue weighted by atomic mass is 19.4. The van der Waals surface area contributed by atoms with Crippen LogP contribution in [0.1, 0.15) is 32.3 Å². The van der Waals surface area contributed by atoms with Gasteiger partial charge in [-0.25, -0.2) is 0 Å². The molecular weight excluding hydrogens is 267 g/mol. The minimum Gasteiger partial charge on any atom is -0.406 e. The van der Waals surface area contributed by atoms with Gasteiger partial charge in [-0.15, -0.1) is 13.2 Å². The predicted molar refractivity (Wildman–Crippen MR) is 73.8 cm³/mol. The summed E-state index contributed by atoms with van der Waals surface area (Å²) in [5.41, 5.74) is 1.03. The summed E-state index contributed by atoms with van der Waals surface area (Å²) in [5, 5.41) is 3.36. The average Bonchev–Trinajstić information content (AvgIpc) is 2.33. The number of nitrogens with one attached hydrogen (secondary N) is 1. The third-order valence-corrected chi connectivity index (χ3v) is 2.78. The standard InChI is InChI=1S/C15H22F3NO/c1-12(2)11-19-10-4-3-5-13-6-8-14(9-7-13)20-15(16,17)18/h6-9,12,19H,3-5,10-11H2,1-2H3. The number of benzene rings is 1. The lowest BCUT2D eigenvalue weighted by Gasteiger charge is -2.09. The van der Waals surface area contributed by atoms with Gasteiger partial charge in [-0.2, -0.15) is 0 Å². The summed E-state index contributed by atoms with van der Waals surface area (Å²) in [6.07, 6.45) is -1.67. The van der Waals surface area contributed by atoms with Crippen LogP contribution in [0, 0.1) is 5.92 Å². The zero-order valence-corrected chi connectivity index (χ0v) is 12.0. The van der Waals surface area contributed by atoms with Crippen LogP contribution in [-0.4, -0.2) is 19.5 Å². The Morgan fingerprint density at radius 2 is 1.75 bits per heavy atom. The molecular formula is C15H22F3NO. The van der Waals surface area contributed by atoms with Crippen molar-refractivity contribution in [3.05, 3.63) is 29.8 Å². The maximum atomic E-state index is 12.0. The van der Waals surface area contributed by atoms with Crippen LogP contribution in [0.2, 0.25) is 0 Å². The SMILES string of the molecule is CC(C)CNCCCCc1ccc(OC(F)(F)F)cc1. The number of unbranched alkanes of at least 4 members (excludes halogenated alkanes) is 1. The van der Waals surface area contributed by atoms with Crippen LogP contribution in [0.25, 0.3) is 0 Å². The van der Waals surface area contributed by atoms with Crippen molar-refractivity contribution >= 4 is 0 Å². The van der Waals surface area contributed by atoms with E-state index in [4.69, 9.17) is 0 Å². The molecule has 1 N–H and O–H groups in total. The van der Waals surface area contributed by atoms with Crippen LogP contribution < -0.4 is 10.1 Å². The number of hydrogen-bond donors (Lipinski definition) is 1. The van der Waals surface area contributed by atoms with E-state index in [-0.39, 0.29) is 5.75 Å². The van der Waals surface area contributed by atoms with Crippen molar-refractivity contribution in [2.75, 3.05) is 13.1 Å². The van der Waals surface area contributed by atoms with Crippen molar-refractivity contribution in [2.24, 2.45) is 5.92 Å². The van der Waals surface area contributed by atoms with E-state index in [0.717, 1.165) is 37.9 Å². The van der Waals surface area contributed by atoms with Crippen molar-refractivity contribution < 1.29 is 17.9 Å². The highest BCUT2D eigenvalue weighted by Crippen LogP contribution is 2.23. The second-order valence-corrected chi connectivity index (χ2v) is 5.25. The number of aryl methyl sites for hydroxylation is 1. The second-order valence-electron chi connectivity index (χ2n) is 5.25. The molecule has 0 aromatic heterocycles. The molecule has 0 radical (unpaired) electrons. The minimum absolute atomic E-state index is 0.167. The second kappa shape index (κ2) is 8.15. The third kappa shape index (κ3) is 8.04. The lowest BCUT2D eigenvalue weighted by molar-refractivity contribution is -0.274. The molecule has 0 aliphatic carbocycles. The fraction of sp³-hybridized carbons (Fsp3) is 0.600. The Labute approximate surface area is 118 Å². The molecule has 0 bridgehead atoms. The average molecular weight is 289 g/mol. The molecule has 1 aromatic carbocycles. The van der Waals surface area contributed by atoms with Gasteiger partial charge < -0.3 is 10.1 Å². The molecule has 1 rings (SSSR count). The van der Waals surface area contributed by atoms with Gasteiger partial charge in [0.1, 0.15) is 5.75 Å². The Balaban J connectivity index is 2.21. The van der Waals surface area contributed by atoms with Crippen LogP contribution in [0.15, 0.2) is 24.3 Å². The molecule has 114 valence electrons. The van der Waals surface area contributed by atoms with Crippen molar-refractivity contribution in [3.63, 3.8) is 0 Å². The summed E-state index contributed by atoms with van der Waals surface area (Å²) >= 11 is 0. The first kappa shape index (κ1) is 16.8. The fourth-order valence-electron chi connectivity index (χ4n) is 1.83. The number of halogens is 3. The van der Waals surface area contributed by atoms with E-state index in [2.05, 4.69) is 23.9 Å². The van der Waals surface area contributed by atoms with Gasteiger partial charge in [0.05, 0.1) is 0 Å². The zero-order valence-electron chi connectivity index (χ0n) is 12.0. The van der Waals surface area contributed by atoms with E-state index >= 15 is 0 Å². The first-order valence-corrected chi connectivity index (χ1v) is 6.92. The highest BCUT2D eigenvalue weighted by Gasteiger charge is 2.30. The number of rotatable bonds is 8. The molecule has 0 fully saturated rings. The molecule has 0 saturated carbocycles. The summed E-state index contributed by atoms with van der Waals surface area (Å²) < 4.78 is 39.8. The summed E-state index contributed by atoms with van der Waals surface area (Å²) in [4.78, 5) is 0. The smallest absolute Gasteiger partial charge is 0.406 e. The van der Waals surface area contributed by atoms with Crippen LogP contribution in [0.4, 0.5) is 13.2 Å². The Kier molecular flexibility index (Phi) is 6.85. The first-order valence-electron chi connectivity index (χ1n) is 6.92. The molecule has 0 atom stereocenters. The molecule has 0 aliphatic heterocycles. The quantitative estimate of drug-likeness (QED) is 0.726. The summed E-state index contributed by atoms with van der Waals surface area (Å²) in [6, 6.07) is 6.09. The normalized spacial score (nSPS) is 11.9. The Bertz CT molecular complexity index is 374. The fourth-order valence-corrected chi connectivity index (χ4v) is 1.83. The zero-order chi connectivity index (χ0) is 15.0. The lowest BCUT2D eigenvalue weighted by atomic mass is 10.1. The predicted octanol–water partition coefficient (Wildman–Crippen LogP) is 4.15. The maximum Gasteiger partial charge on any atom is 0.573 e. The van der Waals surface area contributed by atoms with Crippen molar-refractivity contribution in [1.82, 2.24) is 5.32 Å². The number of ether oxygens (including phenoxy) is 1. The molecule has 5 heteroatoms. The third-order valence-electron chi connectivity index (χ3n) is 2.78.